The van der Waals surface area contributed by atoms with Gasteiger partial charge in [-0.1, -0.05) is 55.4 Å². The third-order valence-electron chi connectivity index (χ3n) is 14.7. The van der Waals surface area contributed by atoms with Crippen LogP contribution < -0.4 is 0 Å². The fourth-order valence-electron chi connectivity index (χ4n) is 10.5. The molecule has 5 heterocycles. The Bertz CT molecular complexity index is 1380. The number of carboxylic acids is 1. The number of hydrogen-bond donors (Lipinski definition) is 5. The van der Waals surface area contributed by atoms with Crippen LogP contribution in [0.1, 0.15) is 133 Å². The zero-order chi connectivity index (χ0) is 40.2. The van der Waals surface area contributed by atoms with Crippen LogP contribution in [0.4, 0.5) is 0 Å². The van der Waals surface area contributed by atoms with Crippen molar-refractivity contribution in [3.8, 4) is 0 Å². The van der Waals surface area contributed by atoms with Crippen LogP contribution in [-0.4, -0.2) is 96.5 Å². The Balaban J connectivity index is 1.33. The molecule has 0 saturated carbocycles. The molecule has 0 unspecified atom stereocenters. The van der Waals surface area contributed by atoms with Crippen molar-refractivity contribution in [3.05, 3.63) is 12.2 Å². The van der Waals surface area contributed by atoms with Crippen molar-refractivity contribution < 1.29 is 53.7 Å². The van der Waals surface area contributed by atoms with Crippen molar-refractivity contribution >= 4 is 24.4 Å². The van der Waals surface area contributed by atoms with Crippen molar-refractivity contribution in [1.29, 1.82) is 0 Å². The molecule has 0 aromatic carbocycles. The number of ether oxygens (including phenoxy) is 5. The van der Waals surface area contributed by atoms with Gasteiger partial charge in [0.25, 0.3) is 0 Å². The molecule has 0 amide bonds. The molecule has 12 heteroatoms. The third kappa shape index (κ3) is 7.75. The molecule has 310 valence electrons. The minimum absolute atomic E-state index is 0.00836. The highest BCUT2D eigenvalue weighted by atomic mass is 32.1. The summed E-state index contributed by atoms with van der Waals surface area (Å²) < 4.78 is 33.5. The summed E-state index contributed by atoms with van der Waals surface area (Å²) in [6.07, 6.45) is 5.31. The summed E-state index contributed by atoms with van der Waals surface area (Å²) in [5.41, 5.74) is -1.65. The van der Waals surface area contributed by atoms with E-state index in [1.807, 2.05) is 48.5 Å². The van der Waals surface area contributed by atoms with Gasteiger partial charge in [0.05, 0.1) is 47.6 Å². The van der Waals surface area contributed by atoms with Crippen LogP contribution in [0.5, 0.6) is 0 Å². The summed E-state index contributed by atoms with van der Waals surface area (Å²) in [4.78, 5) is 25.4. The number of aliphatic hydroxyl groups is 3. The minimum Gasteiger partial charge on any atom is -0.481 e. The number of carboxylic acid groups (broad SMARTS) is 1. The summed E-state index contributed by atoms with van der Waals surface area (Å²) in [6.45, 7) is 19.4. The number of aliphatic carboxylic acids is 1. The second-order valence-electron chi connectivity index (χ2n) is 18.0. The van der Waals surface area contributed by atoms with E-state index < -0.39 is 81.8 Å². The lowest BCUT2D eigenvalue weighted by atomic mass is 9.72. The van der Waals surface area contributed by atoms with Gasteiger partial charge in [-0.2, -0.15) is 0 Å². The van der Waals surface area contributed by atoms with Gasteiger partial charge >= 0.3 is 5.97 Å². The van der Waals surface area contributed by atoms with Gasteiger partial charge < -0.3 is 44.1 Å². The van der Waals surface area contributed by atoms with E-state index in [0.717, 1.165) is 0 Å². The van der Waals surface area contributed by atoms with Crippen LogP contribution in [0.3, 0.4) is 0 Å². The lowest BCUT2D eigenvalue weighted by Gasteiger charge is -2.54. The molecule has 2 spiro atoms. The summed E-state index contributed by atoms with van der Waals surface area (Å²) in [5, 5.41) is 44.2. The number of hydrogen-bond acceptors (Lipinski definition) is 11. The summed E-state index contributed by atoms with van der Waals surface area (Å²) >= 11 is 4.99. The summed E-state index contributed by atoms with van der Waals surface area (Å²) in [6, 6.07) is 0. The number of carbonyl (C=O) groups excluding carboxylic acids is 1. The highest BCUT2D eigenvalue weighted by molar-refractivity contribution is 7.81. The molecule has 0 aromatic rings. The van der Waals surface area contributed by atoms with E-state index in [0.29, 0.717) is 64.2 Å². The van der Waals surface area contributed by atoms with E-state index in [4.69, 9.17) is 36.3 Å². The van der Waals surface area contributed by atoms with Crippen molar-refractivity contribution in [2.45, 2.75) is 198 Å². The summed E-state index contributed by atoms with van der Waals surface area (Å²) in [7, 11) is 0. The van der Waals surface area contributed by atoms with Gasteiger partial charge in [-0.05, 0) is 95.6 Å². The zero-order valence-electron chi connectivity index (χ0n) is 34.3. The Morgan fingerprint density at radius 2 is 1.59 bits per heavy atom. The largest absolute Gasteiger partial charge is 0.481 e. The van der Waals surface area contributed by atoms with E-state index in [9.17, 15) is 30.0 Å². The number of carbonyl (C=O) groups is 2. The van der Waals surface area contributed by atoms with Gasteiger partial charge in [0.15, 0.2) is 5.79 Å². The first-order valence-electron chi connectivity index (χ1n) is 20.8. The zero-order valence-corrected chi connectivity index (χ0v) is 35.2. The maximum absolute atomic E-state index is 14.5. The number of Topliss-reactive ketones (excluding diaryl/α,β-unsaturated/α-hetero) is 1. The molecule has 4 fully saturated rings. The van der Waals surface area contributed by atoms with Crippen LogP contribution in [0.2, 0.25) is 0 Å². The van der Waals surface area contributed by atoms with Crippen LogP contribution in [0.15, 0.2) is 12.2 Å². The Labute approximate surface area is 328 Å². The molecule has 0 aromatic heterocycles. The Morgan fingerprint density at radius 1 is 0.926 bits per heavy atom. The molecule has 5 rings (SSSR count). The Hall–Kier alpha value is -1.09. The number of thiol groups is 1. The fourth-order valence-corrected chi connectivity index (χ4v) is 10.9. The molecule has 11 nitrogen and oxygen atoms in total. The molecule has 5 aliphatic rings. The Kier molecular flexibility index (Phi) is 13.3. The summed E-state index contributed by atoms with van der Waals surface area (Å²) in [5.74, 6) is -6.49. The van der Waals surface area contributed by atoms with Crippen LogP contribution in [0, 0.1) is 41.4 Å². The quantitative estimate of drug-likeness (QED) is 0.109. The predicted molar refractivity (Wildman–Crippen MR) is 207 cm³/mol. The average Bonchev–Trinajstić information content (AvgIpc) is 3.48. The molecule has 0 bridgehead atoms. The van der Waals surface area contributed by atoms with E-state index in [1.165, 1.54) is 0 Å². The maximum atomic E-state index is 14.5. The number of rotatable bonds is 12. The molecule has 4 N–H and O–H groups in total. The minimum atomic E-state index is -1.38. The maximum Gasteiger partial charge on any atom is 0.309 e. The highest BCUT2D eigenvalue weighted by Gasteiger charge is 2.63. The SMILES string of the molecule is CC[C@@H](C(=O)[C@@H](C)[C@@H](O)[C@H](C)[C@]1(S)O[C@@H]([C@@H](CC)C(=O)O)CC[C@@H]1C)[C@H]1O[C@]2(C=C[C@@H](O)[C@]3(CC[C@@](C)([C@H]4CC[C@](O)(CC)[C@H](C)O4)O3)O2)[C@H](C)C[C@@H]1C. The first-order valence-corrected chi connectivity index (χ1v) is 21.3. The van der Waals surface area contributed by atoms with E-state index >= 15 is 0 Å². The normalized spacial score (nSPS) is 46.9. The average molecular weight is 783 g/mol. The second-order valence-corrected chi connectivity index (χ2v) is 18.7. The second kappa shape index (κ2) is 16.3. The van der Waals surface area contributed by atoms with Gasteiger partial charge in [-0.15, -0.1) is 12.6 Å². The van der Waals surface area contributed by atoms with Gasteiger partial charge in [0.2, 0.25) is 5.79 Å². The first-order chi connectivity index (χ1) is 25.2. The smallest absolute Gasteiger partial charge is 0.309 e. The molecule has 0 aliphatic carbocycles. The molecule has 0 radical (unpaired) electrons. The van der Waals surface area contributed by atoms with E-state index in [-0.39, 0.29) is 35.7 Å². The fraction of sp³-hybridized carbons (Fsp3) is 0.905. The van der Waals surface area contributed by atoms with Gasteiger partial charge in [-0.25, -0.2) is 0 Å². The van der Waals surface area contributed by atoms with Crippen molar-refractivity contribution in [3.63, 3.8) is 0 Å². The van der Waals surface area contributed by atoms with Crippen LogP contribution >= 0.6 is 12.6 Å². The predicted octanol–water partition coefficient (Wildman–Crippen LogP) is 6.45. The van der Waals surface area contributed by atoms with Crippen molar-refractivity contribution in [2.75, 3.05) is 0 Å². The molecule has 54 heavy (non-hydrogen) atoms. The van der Waals surface area contributed by atoms with Crippen molar-refractivity contribution in [2.24, 2.45) is 41.4 Å². The molecular formula is C42H70O11S. The Morgan fingerprint density at radius 3 is 2.19 bits per heavy atom. The lowest BCUT2D eigenvalue weighted by molar-refractivity contribution is -0.409. The highest BCUT2D eigenvalue weighted by Crippen LogP contribution is 2.54. The molecule has 5 aliphatic heterocycles. The topological polar surface area (TPSA) is 161 Å². The van der Waals surface area contributed by atoms with Gasteiger partial charge in [0.1, 0.15) is 16.8 Å². The molecule has 4 saturated heterocycles. The van der Waals surface area contributed by atoms with E-state index in [2.05, 4.69) is 13.8 Å². The van der Waals surface area contributed by atoms with Crippen molar-refractivity contribution in [1.82, 2.24) is 0 Å². The third-order valence-corrected chi connectivity index (χ3v) is 15.6. The van der Waals surface area contributed by atoms with Gasteiger partial charge in [0, 0.05) is 30.1 Å². The number of aliphatic hydroxyl groups excluding tert-OH is 2. The standard InChI is InChI=1S/C42H70O11S/c1-11-29(37(46)47)31-15-14-24(5)42(54,50-31)27(8)34(44)26(7)35(45)30(12-2)36-23(4)22-25(6)40(51-36)19-16-32(43)41(53-40)21-20-38(10,52-41)33-17-18-39(48,13-3)28(9)49-33/h16,19,23-34,36,43-44,48,54H,11-15,17-18,20-22H2,1-10H3,(H,46,47)/t23-,24-,25+,26-,27-,28-,29+,30-,31+,32+,33+,34+,36-,38-,39+,40-,41-,42-/m0/s1. The van der Waals surface area contributed by atoms with E-state index in [1.54, 1.807) is 19.1 Å². The van der Waals surface area contributed by atoms with Crippen LogP contribution in [0.25, 0.3) is 0 Å². The van der Waals surface area contributed by atoms with Crippen LogP contribution in [-0.2, 0) is 33.3 Å². The lowest BCUT2D eigenvalue weighted by Crippen LogP contribution is -2.63. The first kappa shape index (κ1) is 44.0. The monoisotopic (exact) mass is 782 g/mol. The number of ketones is 1. The molecular weight excluding hydrogens is 713 g/mol. The van der Waals surface area contributed by atoms with Gasteiger partial charge in [-0.3, -0.25) is 9.59 Å². The molecule has 18 atom stereocenters.